The van der Waals surface area contributed by atoms with E-state index in [0.29, 0.717) is 36.2 Å². The summed E-state index contributed by atoms with van der Waals surface area (Å²) in [5, 5.41) is 4.59. The average molecular weight is 395 g/mol. The van der Waals surface area contributed by atoms with Gasteiger partial charge in [0.15, 0.2) is 11.5 Å². The minimum atomic E-state index is -0.224. The number of hydrogen-bond donors (Lipinski definition) is 2. The summed E-state index contributed by atoms with van der Waals surface area (Å²) in [6.45, 7) is 3.69. The van der Waals surface area contributed by atoms with E-state index in [4.69, 9.17) is 9.72 Å². The second-order valence-corrected chi connectivity index (χ2v) is 8.34. The summed E-state index contributed by atoms with van der Waals surface area (Å²) < 4.78 is 20.7. The summed E-state index contributed by atoms with van der Waals surface area (Å²) in [5.74, 6) is 1.97. The van der Waals surface area contributed by atoms with E-state index in [1.165, 1.54) is 17.7 Å². The van der Waals surface area contributed by atoms with E-state index in [1.54, 1.807) is 7.11 Å². The van der Waals surface area contributed by atoms with Crippen molar-refractivity contribution in [3.8, 4) is 11.1 Å². The van der Waals surface area contributed by atoms with Crippen LogP contribution in [0.1, 0.15) is 37.1 Å². The van der Waals surface area contributed by atoms with Crippen LogP contribution < -0.4 is 10.9 Å². The number of nitrogens with one attached hydrogen (secondary N) is 2. The minimum Gasteiger partial charge on any atom is -0.377 e. The second-order valence-electron chi connectivity index (χ2n) is 8.34. The van der Waals surface area contributed by atoms with Gasteiger partial charge in [0.25, 0.3) is 0 Å². The van der Waals surface area contributed by atoms with E-state index in [9.17, 15) is 4.39 Å². The van der Waals surface area contributed by atoms with Crippen LogP contribution in [0.15, 0.2) is 36.5 Å². The molecule has 7 heteroatoms. The number of ether oxygens (including phenoxy) is 1. The van der Waals surface area contributed by atoms with Gasteiger partial charge in [-0.2, -0.15) is 0 Å². The Bertz CT molecular complexity index is 1020. The maximum Gasteiger partial charge on any atom is 0.177 e. The molecule has 4 atom stereocenters. The van der Waals surface area contributed by atoms with Crippen LogP contribution >= 0.6 is 0 Å². The van der Waals surface area contributed by atoms with Crippen molar-refractivity contribution in [2.24, 2.45) is 11.8 Å². The van der Waals surface area contributed by atoms with Gasteiger partial charge in [-0.1, -0.05) is 19.1 Å². The van der Waals surface area contributed by atoms with Crippen molar-refractivity contribution in [3.05, 3.63) is 53.7 Å². The molecule has 0 spiro atoms. The first-order chi connectivity index (χ1) is 14.1. The number of nitrogens with zero attached hydrogens (tertiary/aromatic N) is 3. The number of methoxy groups -OCH3 is 1. The van der Waals surface area contributed by atoms with Crippen LogP contribution in [0, 0.1) is 17.7 Å². The molecule has 0 amide bonds. The number of benzene rings is 1. The Balaban J connectivity index is 1.65. The third-order valence-electron chi connectivity index (χ3n) is 6.42. The molecule has 0 radical (unpaired) electrons. The molecule has 1 aliphatic carbocycles. The van der Waals surface area contributed by atoms with Crippen molar-refractivity contribution in [2.45, 2.75) is 38.3 Å². The van der Waals surface area contributed by atoms with Crippen LogP contribution in [0.5, 0.6) is 0 Å². The van der Waals surface area contributed by atoms with E-state index in [-0.39, 0.29) is 5.82 Å². The first kappa shape index (κ1) is 18.7. The largest absolute Gasteiger partial charge is 0.377 e. The standard InChI is InChI=1S/C22H26FN5O/c1-13-9-15(10-16-11-24-26-21(13)16)20-18(14-3-5-17(23)6-4-14)7-8-28-22(20)25-19(27-28)12-29-2/h3-8,13,15-16,21,24,26H,9-12H2,1-2H3. The smallest absolute Gasteiger partial charge is 0.177 e. The molecular formula is C22H26FN5O. The van der Waals surface area contributed by atoms with E-state index < -0.39 is 0 Å². The van der Waals surface area contributed by atoms with Crippen molar-refractivity contribution in [1.29, 1.82) is 0 Å². The summed E-state index contributed by atoms with van der Waals surface area (Å²) in [6.07, 6.45) is 4.11. The highest BCUT2D eigenvalue weighted by molar-refractivity contribution is 5.74. The van der Waals surface area contributed by atoms with Crippen LogP contribution in [-0.4, -0.2) is 34.3 Å². The molecule has 4 unspecified atom stereocenters. The number of hydrogen-bond acceptors (Lipinski definition) is 5. The fourth-order valence-corrected chi connectivity index (χ4v) is 5.17. The second kappa shape index (κ2) is 7.48. The van der Waals surface area contributed by atoms with E-state index in [0.717, 1.165) is 36.2 Å². The van der Waals surface area contributed by atoms with Gasteiger partial charge in [0.1, 0.15) is 12.4 Å². The molecule has 29 heavy (non-hydrogen) atoms. The van der Waals surface area contributed by atoms with Gasteiger partial charge in [0.05, 0.1) is 0 Å². The third-order valence-corrected chi connectivity index (χ3v) is 6.42. The summed E-state index contributed by atoms with van der Waals surface area (Å²) in [7, 11) is 1.65. The molecule has 1 saturated heterocycles. The zero-order valence-corrected chi connectivity index (χ0v) is 16.7. The van der Waals surface area contributed by atoms with Crippen LogP contribution in [-0.2, 0) is 11.3 Å². The topological polar surface area (TPSA) is 63.5 Å². The number of rotatable bonds is 4. The highest BCUT2D eigenvalue weighted by atomic mass is 19.1. The Hall–Kier alpha value is -2.35. The highest BCUT2D eigenvalue weighted by Crippen LogP contribution is 2.44. The Morgan fingerprint density at radius 1 is 1.21 bits per heavy atom. The van der Waals surface area contributed by atoms with Crippen molar-refractivity contribution in [3.63, 3.8) is 0 Å². The van der Waals surface area contributed by atoms with Crippen molar-refractivity contribution >= 4 is 5.65 Å². The third kappa shape index (κ3) is 3.33. The lowest BCUT2D eigenvalue weighted by molar-refractivity contribution is 0.178. The fraction of sp³-hybridized carbons (Fsp3) is 0.455. The fourth-order valence-electron chi connectivity index (χ4n) is 5.17. The predicted molar refractivity (Wildman–Crippen MR) is 109 cm³/mol. The molecule has 2 N–H and O–H groups in total. The van der Waals surface area contributed by atoms with Gasteiger partial charge < -0.3 is 4.74 Å². The van der Waals surface area contributed by atoms with Gasteiger partial charge in [-0.3, -0.25) is 10.9 Å². The first-order valence-corrected chi connectivity index (χ1v) is 10.3. The van der Waals surface area contributed by atoms with E-state index in [2.05, 4.69) is 28.9 Å². The summed E-state index contributed by atoms with van der Waals surface area (Å²) in [5.41, 5.74) is 11.0. The summed E-state index contributed by atoms with van der Waals surface area (Å²) in [4.78, 5) is 4.81. The number of pyridine rings is 1. The SMILES string of the molecule is COCc1nc2c(C3CC(C)C4NNCC4C3)c(-c3ccc(F)cc3)ccn2n1. The normalized spacial score (nSPS) is 26.7. The Morgan fingerprint density at radius 3 is 2.83 bits per heavy atom. The number of halogens is 1. The molecule has 2 fully saturated rings. The van der Waals surface area contributed by atoms with Crippen LogP contribution in [0.3, 0.4) is 0 Å². The molecule has 152 valence electrons. The Labute approximate surface area is 169 Å². The molecule has 2 aromatic heterocycles. The van der Waals surface area contributed by atoms with Gasteiger partial charge in [-0.15, -0.1) is 5.10 Å². The molecule has 1 aromatic carbocycles. The molecule has 3 aromatic rings. The molecule has 3 heterocycles. The molecule has 2 aliphatic rings. The number of aromatic nitrogens is 3. The van der Waals surface area contributed by atoms with Gasteiger partial charge in [0.2, 0.25) is 0 Å². The summed E-state index contributed by atoms with van der Waals surface area (Å²) in [6, 6.07) is 9.35. The van der Waals surface area contributed by atoms with Crippen LogP contribution in [0.2, 0.25) is 0 Å². The lowest BCUT2D eigenvalue weighted by Crippen LogP contribution is -2.41. The first-order valence-electron chi connectivity index (χ1n) is 10.3. The predicted octanol–water partition coefficient (Wildman–Crippen LogP) is 3.29. The van der Waals surface area contributed by atoms with Crippen molar-refractivity contribution in [2.75, 3.05) is 13.7 Å². The van der Waals surface area contributed by atoms with Crippen molar-refractivity contribution in [1.82, 2.24) is 25.4 Å². The van der Waals surface area contributed by atoms with E-state index >= 15 is 0 Å². The molecule has 6 nitrogen and oxygen atoms in total. The van der Waals surface area contributed by atoms with Crippen LogP contribution in [0.25, 0.3) is 16.8 Å². The van der Waals surface area contributed by atoms with Crippen LogP contribution in [0.4, 0.5) is 4.39 Å². The average Bonchev–Trinajstić information content (AvgIpc) is 3.34. The van der Waals surface area contributed by atoms with Gasteiger partial charge >= 0.3 is 0 Å². The molecule has 1 saturated carbocycles. The maximum absolute atomic E-state index is 13.5. The van der Waals surface area contributed by atoms with Gasteiger partial charge in [-0.05, 0) is 59.9 Å². The van der Waals surface area contributed by atoms with E-state index in [1.807, 2.05) is 22.8 Å². The number of hydrazine groups is 1. The lowest BCUT2D eigenvalue weighted by atomic mass is 9.70. The number of fused-ring (bicyclic) bond motifs is 2. The van der Waals surface area contributed by atoms with Gasteiger partial charge in [0, 0.05) is 31.5 Å². The van der Waals surface area contributed by atoms with Crippen molar-refractivity contribution < 1.29 is 9.13 Å². The molecule has 1 aliphatic heterocycles. The zero-order chi connectivity index (χ0) is 20.0. The highest BCUT2D eigenvalue weighted by Gasteiger charge is 2.40. The zero-order valence-electron chi connectivity index (χ0n) is 16.7. The monoisotopic (exact) mass is 395 g/mol. The molecule has 5 rings (SSSR count). The maximum atomic E-state index is 13.5. The van der Waals surface area contributed by atoms with Gasteiger partial charge in [-0.25, -0.2) is 13.9 Å². The minimum absolute atomic E-state index is 0.224. The Morgan fingerprint density at radius 2 is 2.03 bits per heavy atom. The Kier molecular flexibility index (Phi) is 4.81. The summed E-state index contributed by atoms with van der Waals surface area (Å²) >= 11 is 0. The lowest BCUT2D eigenvalue weighted by Gasteiger charge is -2.37. The quantitative estimate of drug-likeness (QED) is 0.710. The molecule has 0 bridgehead atoms. The molecular weight excluding hydrogens is 369 g/mol.